The minimum atomic E-state index is 0.0412. The highest BCUT2D eigenvalue weighted by atomic mass is 35.5. The Labute approximate surface area is 151 Å². The van der Waals surface area contributed by atoms with Gasteiger partial charge >= 0.3 is 0 Å². The lowest BCUT2D eigenvalue weighted by molar-refractivity contribution is -0.121. The molecular formula is C17H20Cl2N2OS. The van der Waals surface area contributed by atoms with Crippen molar-refractivity contribution in [1.82, 2.24) is 10.2 Å². The summed E-state index contributed by atoms with van der Waals surface area (Å²) >= 11 is 13.6. The number of rotatable bonds is 7. The molecule has 1 aromatic heterocycles. The van der Waals surface area contributed by atoms with Crippen LogP contribution in [-0.4, -0.2) is 31.4 Å². The van der Waals surface area contributed by atoms with Crippen LogP contribution in [0, 0.1) is 0 Å². The average molecular weight is 371 g/mol. The molecule has 23 heavy (non-hydrogen) atoms. The lowest BCUT2D eigenvalue weighted by atomic mass is 10.1. The van der Waals surface area contributed by atoms with Crippen LogP contribution in [0.1, 0.15) is 22.9 Å². The van der Waals surface area contributed by atoms with E-state index < -0.39 is 0 Å². The second-order valence-electron chi connectivity index (χ2n) is 5.55. The molecule has 0 saturated carbocycles. The molecule has 0 aliphatic rings. The van der Waals surface area contributed by atoms with Crippen LogP contribution in [0.3, 0.4) is 0 Å². The minimum Gasteiger partial charge on any atom is -0.354 e. The van der Waals surface area contributed by atoms with E-state index >= 15 is 0 Å². The smallest absolute Gasteiger partial charge is 0.220 e. The van der Waals surface area contributed by atoms with Crippen LogP contribution in [0.2, 0.25) is 10.0 Å². The van der Waals surface area contributed by atoms with Crippen molar-refractivity contribution in [2.45, 2.75) is 18.9 Å². The van der Waals surface area contributed by atoms with E-state index in [4.69, 9.17) is 23.2 Å². The molecule has 1 N–H and O–H groups in total. The van der Waals surface area contributed by atoms with Gasteiger partial charge in [-0.05, 0) is 49.7 Å². The Balaban J connectivity index is 1.83. The maximum Gasteiger partial charge on any atom is 0.220 e. The first-order chi connectivity index (χ1) is 11.0. The van der Waals surface area contributed by atoms with Gasteiger partial charge in [-0.25, -0.2) is 0 Å². The summed E-state index contributed by atoms with van der Waals surface area (Å²) in [5, 5.41) is 6.12. The molecule has 0 radical (unpaired) electrons. The van der Waals surface area contributed by atoms with Crippen molar-refractivity contribution < 1.29 is 4.79 Å². The van der Waals surface area contributed by atoms with E-state index in [1.54, 1.807) is 17.4 Å². The topological polar surface area (TPSA) is 32.3 Å². The summed E-state index contributed by atoms with van der Waals surface area (Å²) in [5.74, 6) is 0.0412. The number of hydrogen-bond donors (Lipinski definition) is 1. The summed E-state index contributed by atoms with van der Waals surface area (Å²) in [6.07, 6.45) is 1.08. The predicted molar refractivity (Wildman–Crippen MR) is 98.5 cm³/mol. The SMILES string of the molecule is CN(C)C(CNC(=O)CCc1ccc(Cl)c(Cl)c1)c1cccs1. The molecule has 1 amide bonds. The number of amides is 1. The highest BCUT2D eigenvalue weighted by Crippen LogP contribution is 2.24. The molecule has 1 atom stereocenters. The molecule has 3 nitrogen and oxygen atoms in total. The number of aryl methyl sites for hydroxylation is 1. The zero-order valence-corrected chi connectivity index (χ0v) is 15.5. The zero-order chi connectivity index (χ0) is 16.8. The molecule has 1 unspecified atom stereocenters. The predicted octanol–water partition coefficient (Wildman–Crippen LogP) is 4.41. The van der Waals surface area contributed by atoms with E-state index in [0.29, 0.717) is 29.4 Å². The number of likely N-dealkylation sites (N-methyl/N-ethyl adjacent to an activating group) is 1. The minimum absolute atomic E-state index is 0.0412. The Hall–Kier alpha value is -1.07. The molecule has 0 spiro atoms. The van der Waals surface area contributed by atoms with Gasteiger partial charge in [-0.15, -0.1) is 11.3 Å². The van der Waals surface area contributed by atoms with Crippen molar-refractivity contribution in [3.8, 4) is 0 Å². The van der Waals surface area contributed by atoms with Gasteiger partial charge in [0.25, 0.3) is 0 Å². The molecule has 0 bridgehead atoms. The Morgan fingerprint density at radius 2 is 2.04 bits per heavy atom. The van der Waals surface area contributed by atoms with Gasteiger partial charge in [0.2, 0.25) is 5.91 Å². The summed E-state index contributed by atoms with van der Waals surface area (Å²) in [4.78, 5) is 15.4. The Kier molecular flexibility index (Phi) is 6.90. The molecule has 1 aromatic carbocycles. The first-order valence-electron chi connectivity index (χ1n) is 7.38. The van der Waals surface area contributed by atoms with Crippen molar-refractivity contribution in [1.29, 1.82) is 0 Å². The lowest BCUT2D eigenvalue weighted by Gasteiger charge is -2.23. The number of benzene rings is 1. The normalized spacial score (nSPS) is 12.4. The van der Waals surface area contributed by atoms with Crippen LogP contribution in [0.15, 0.2) is 35.7 Å². The molecule has 2 rings (SSSR count). The number of nitrogens with one attached hydrogen (secondary N) is 1. The number of thiophene rings is 1. The lowest BCUT2D eigenvalue weighted by Crippen LogP contribution is -2.34. The molecule has 1 heterocycles. The van der Waals surface area contributed by atoms with E-state index in [0.717, 1.165) is 5.56 Å². The van der Waals surface area contributed by atoms with Crippen LogP contribution >= 0.6 is 34.5 Å². The van der Waals surface area contributed by atoms with Crippen LogP contribution in [0.4, 0.5) is 0 Å². The molecule has 0 fully saturated rings. The van der Waals surface area contributed by atoms with E-state index in [1.165, 1.54) is 4.88 Å². The number of hydrogen-bond acceptors (Lipinski definition) is 3. The first kappa shape index (κ1) is 18.3. The average Bonchev–Trinajstić information content (AvgIpc) is 3.02. The quantitative estimate of drug-likeness (QED) is 0.782. The third-order valence-electron chi connectivity index (χ3n) is 3.61. The van der Waals surface area contributed by atoms with Crippen molar-refractivity contribution in [2.24, 2.45) is 0 Å². The molecule has 6 heteroatoms. The van der Waals surface area contributed by atoms with E-state index in [9.17, 15) is 4.79 Å². The van der Waals surface area contributed by atoms with Crippen LogP contribution < -0.4 is 5.32 Å². The maximum absolute atomic E-state index is 12.1. The van der Waals surface area contributed by atoms with Gasteiger partial charge in [0.15, 0.2) is 0 Å². The molecule has 0 aliphatic carbocycles. The number of halogens is 2. The van der Waals surface area contributed by atoms with Gasteiger partial charge in [-0.1, -0.05) is 35.3 Å². The fourth-order valence-electron chi connectivity index (χ4n) is 2.27. The van der Waals surface area contributed by atoms with Gasteiger partial charge in [0, 0.05) is 17.8 Å². The standard InChI is InChI=1S/C17H20Cl2N2OS/c1-21(2)15(16-4-3-9-23-16)11-20-17(22)8-6-12-5-7-13(18)14(19)10-12/h3-5,7,9-10,15H,6,8,11H2,1-2H3,(H,20,22). The van der Waals surface area contributed by atoms with Crippen LogP contribution in [0.25, 0.3) is 0 Å². The summed E-state index contributed by atoms with van der Waals surface area (Å²) < 4.78 is 0. The second kappa shape index (κ2) is 8.69. The molecule has 124 valence electrons. The fraction of sp³-hybridized carbons (Fsp3) is 0.353. The highest BCUT2D eigenvalue weighted by Gasteiger charge is 2.16. The molecular weight excluding hydrogens is 351 g/mol. The van der Waals surface area contributed by atoms with Crippen molar-refractivity contribution in [3.63, 3.8) is 0 Å². The summed E-state index contributed by atoms with van der Waals surface area (Å²) in [6, 6.07) is 9.79. The third-order valence-corrected chi connectivity index (χ3v) is 5.32. The van der Waals surface area contributed by atoms with Gasteiger partial charge in [0.05, 0.1) is 16.1 Å². The van der Waals surface area contributed by atoms with Gasteiger partial charge in [0.1, 0.15) is 0 Å². The Morgan fingerprint density at radius 3 is 2.65 bits per heavy atom. The van der Waals surface area contributed by atoms with E-state index in [-0.39, 0.29) is 11.9 Å². The molecule has 0 saturated heterocycles. The molecule has 0 aliphatic heterocycles. The highest BCUT2D eigenvalue weighted by molar-refractivity contribution is 7.10. The summed E-state index contributed by atoms with van der Waals surface area (Å²) in [6.45, 7) is 0.605. The van der Waals surface area contributed by atoms with Gasteiger partial charge < -0.3 is 10.2 Å². The fourth-order valence-corrected chi connectivity index (χ4v) is 3.51. The molecule has 2 aromatic rings. The third kappa shape index (κ3) is 5.50. The monoisotopic (exact) mass is 370 g/mol. The first-order valence-corrected chi connectivity index (χ1v) is 9.01. The van der Waals surface area contributed by atoms with Gasteiger partial charge in [-0.2, -0.15) is 0 Å². The van der Waals surface area contributed by atoms with Crippen LogP contribution in [0.5, 0.6) is 0 Å². The number of carbonyl (C=O) groups is 1. The van der Waals surface area contributed by atoms with Crippen molar-refractivity contribution in [3.05, 3.63) is 56.2 Å². The van der Waals surface area contributed by atoms with Crippen LogP contribution in [-0.2, 0) is 11.2 Å². The largest absolute Gasteiger partial charge is 0.354 e. The summed E-state index contributed by atoms with van der Waals surface area (Å²) in [5.41, 5.74) is 1.01. The van der Waals surface area contributed by atoms with E-state index in [1.807, 2.05) is 32.3 Å². The van der Waals surface area contributed by atoms with E-state index in [2.05, 4.69) is 21.7 Å². The number of carbonyl (C=O) groups excluding carboxylic acids is 1. The Bertz CT molecular complexity index is 644. The Morgan fingerprint density at radius 1 is 1.26 bits per heavy atom. The zero-order valence-electron chi connectivity index (χ0n) is 13.2. The second-order valence-corrected chi connectivity index (χ2v) is 7.34. The maximum atomic E-state index is 12.1. The van der Waals surface area contributed by atoms with Gasteiger partial charge in [-0.3, -0.25) is 4.79 Å². The van der Waals surface area contributed by atoms with Crippen molar-refractivity contribution >= 4 is 40.4 Å². The summed E-state index contributed by atoms with van der Waals surface area (Å²) in [7, 11) is 4.04. The van der Waals surface area contributed by atoms with Crippen molar-refractivity contribution in [2.75, 3.05) is 20.6 Å². The number of nitrogens with zero attached hydrogens (tertiary/aromatic N) is 1.